The molecule has 35 heavy (non-hydrogen) atoms. The summed E-state index contributed by atoms with van der Waals surface area (Å²) in [5.41, 5.74) is 1.35. The molecule has 2 aromatic rings. The van der Waals surface area contributed by atoms with Gasteiger partial charge in [0.25, 0.3) is 5.91 Å². The molecule has 1 unspecified atom stereocenters. The van der Waals surface area contributed by atoms with Crippen LogP contribution in [0.1, 0.15) is 48.5 Å². The number of hydrogen-bond acceptors (Lipinski definition) is 7. The van der Waals surface area contributed by atoms with Crippen LogP contribution >= 0.6 is 0 Å². The highest BCUT2D eigenvalue weighted by Crippen LogP contribution is 2.25. The number of amides is 1. The number of aromatic nitrogens is 2. The molecule has 1 amide bonds. The molecule has 182 valence electrons. The maximum Gasteiger partial charge on any atom is 0.335 e. The Morgan fingerprint density at radius 2 is 2.03 bits per heavy atom. The van der Waals surface area contributed by atoms with Crippen molar-refractivity contribution in [3.05, 3.63) is 77.0 Å². The summed E-state index contributed by atoms with van der Waals surface area (Å²) < 4.78 is 6.04. The maximum atomic E-state index is 12.7. The number of benzene rings is 1. The number of nitrogens with one attached hydrogen (secondary N) is 1. The molecule has 1 aromatic heterocycles. The van der Waals surface area contributed by atoms with Crippen molar-refractivity contribution in [1.29, 1.82) is 0 Å². The van der Waals surface area contributed by atoms with Crippen LogP contribution in [-0.4, -0.2) is 51.3 Å². The molecule has 1 saturated heterocycles. The topological polar surface area (TPSA) is 125 Å². The number of nitrogens with zero attached hydrogens (tertiary/aromatic N) is 3. The summed E-state index contributed by atoms with van der Waals surface area (Å²) in [7, 11) is 0. The molecule has 9 heteroatoms. The van der Waals surface area contributed by atoms with Gasteiger partial charge >= 0.3 is 5.97 Å². The summed E-state index contributed by atoms with van der Waals surface area (Å²) in [6, 6.07) is 6.28. The zero-order chi connectivity index (χ0) is 24.8. The van der Waals surface area contributed by atoms with Crippen LogP contribution in [-0.2, 0) is 9.53 Å². The highest BCUT2D eigenvalue weighted by atomic mass is 16.5. The molecule has 3 N–H and O–H groups in total. The van der Waals surface area contributed by atoms with Crippen LogP contribution in [0.4, 0.5) is 11.6 Å². The summed E-state index contributed by atoms with van der Waals surface area (Å²) >= 11 is 0. The third kappa shape index (κ3) is 6.26. The number of aliphatic hydroxyl groups is 1. The van der Waals surface area contributed by atoms with Gasteiger partial charge in [0.2, 0.25) is 0 Å². The third-order valence-corrected chi connectivity index (χ3v) is 5.86. The van der Waals surface area contributed by atoms with Gasteiger partial charge in [0.05, 0.1) is 24.5 Å². The van der Waals surface area contributed by atoms with Gasteiger partial charge in [-0.2, -0.15) is 0 Å². The van der Waals surface area contributed by atoms with Crippen molar-refractivity contribution in [3.63, 3.8) is 0 Å². The first-order valence-corrected chi connectivity index (χ1v) is 11.5. The summed E-state index contributed by atoms with van der Waals surface area (Å²) in [6.07, 6.45) is 11.7. The second-order valence-corrected chi connectivity index (χ2v) is 8.55. The minimum atomic E-state index is -0.999. The van der Waals surface area contributed by atoms with Crippen LogP contribution < -0.4 is 10.2 Å². The Morgan fingerprint density at radius 3 is 2.77 bits per heavy atom. The van der Waals surface area contributed by atoms with Gasteiger partial charge < -0.3 is 25.2 Å². The lowest BCUT2D eigenvalue weighted by molar-refractivity contribution is -0.112. The highest BCUT2D eigenvalue weighted by molar-refractivity contribution is 6.05. The molecule has 1 fully saturated rings. The smallest absolute Gasteiger partial charge is 0.335 e. The lowest BCUT2D eigenvalue weighted by Crippen LogP contribution is -2.40. The maximum absolute atomic E-state index is 12.7. The molecule has 0 bridgehead atoms. The van der Waals surface area contributed by atoms with Crippen LogP contribution in [0, 0.1) is 0 Å². The molecule has 1 aromatic carbocycles. The second-order valence-electron chi connectivity index (χ2n) is 8.55. The molecule has 1 atom stereocenters. The van der Waals surface area contributed by atoms with Crippen LogP contribution in [0.3, 0.4) is 0 Å². The minimum absolute atomic E-state index is 0.0820. The van der Waals surface area contributed by atoms with Gasteiger partial charge in [-0.1, -0.05) is 18.2 Å². The van der Waals surface area contributed by atoms with Gasteiger partial charge in [-0.3, -0.25) is 9.78 Å². The Morgan fingerprint density at radius 1 is 1.23 bits per heavy atom. The molecule has 0 saturated carbocycles. The van der Waals surface area contributed by atoms with Crippen LogP contribution in [0.5, 0.6) is 0 Å². The number of rotatable bonds is 7. The van der Waals surface area contributed by atoms with E-state index in [-0.39, 0.29) is 23.3 Å². The van der Waals surface area contributed by atoms with E-state index in [2.05, 4.69) is 20.2 Å². The SMILES string of the molecule is C/C(=C\c1ccc(C(=O)O)cc1)C(=O)Nc1cncc(N2CCCC(OC3=C(O)CCC=C3)C2)n1. The summed E-state index contributed by atoms with van der Waals surface area (Å²) in [5.74, 6) is 0.469. The van der Waals surface area contributed by atoms with Crippen molar-refractivity contribution in [1.82, 2.24) is 9.97 Å². The number of aromatic carboxylic acids is 1. The van der Waals surface area contributed by atoms with Gasteiger partial charge in [0.15, 0.2) is 11.6 Å². The number of hydrogen-bond donors (Lipinski definition) is 3. The Labute approximate surface area is 203 Å². The number of allylic oxidation sites excluding steroid dienone is 3. The number of carbonyl (C=O) groups is 2. The number of carbonyl (C=O) groups excluding carboxylic acids is 1. The average Bonchev–Trinajstić information content (AvgIpc) is 2.86. The fourth-order valence-corrected chi connectivity index (χ4v) is 3.98. The van der Waals surface area contributed by atoms with Crippen LogP contribution in [0.2, 0.25) is 0 Å². The Hall–Kier alpha value is -4.14. The van der Waals surface area contributed by atoms with E-state index in [0.717, 1.165) is 31.4 Å². The number of carboxylic acid groups (broad SMARTS) is 1. The highest BCUT2D eigenvalue weighted by Gasteiger charge is 2.24. The standard InChI is InChI=1S/C26H28N4O5/c1-17(13-18-8-10-19(11-9-18)26(33)34)25(32)29-23-14-27-15-24(28-23)30-12-4-5-20(16-30)35-22-7-3-2-6-21(22)31/h3,7-11,13-15,20,31H,2,4-6,12,16H2,1H3,(H,33,34)(H,28,29,32)/b17-13+. The normalized spacial score (nSPS) is 18.4. The van der Waals surface area contributed by atoms with E-state index >= 15 is 0 Å². The summed E-state index contributed by atoms with van der Waals surface area (Å²) in [4.78, 5) is 34.5. The fourth-order valence-electron chi connectivity index (χ4n) is 3.98. The van der Waals surface area contributed by atoms with Gasteiger partial charge in [-0.25, -0.2) is 9.78 Å². The zero-order valence-electron chi connectivity index (χ0n) is 19.5. The lowest BCUT2D eigenvalue weighted by atomic mass is 10.1. The van der Waals surface area contributed by atoms with Gasteiger partial charge in [0, 0.05) is 18.5 Å². The van der Waals surface area contributed by atoms with E-state index in [0.29, 0.717) is 35.9 Å². The van der Waals surface area contributed by atoms with Crippen molar-refractivity contribution in [3.8, 4) is 0 Å². The molecule has 2 aliphatic rings. The fraction of sp³-hybridized carbons (Fsp3) is 0.308. The Bertz CT molecular complexity index is 1190. The second kappa shape index (κ2) is 10.9. The van der Waals surface area contributed by atoms with E-state index in [1.165, 1.54) is 18.3 Å². The number of piperidine rings is 1. The summed E-state index contributed by atoms with van der Waals surface area (Å²) in [6.45, 7) is 3.06. The van der Waals surface area contributed by atoms with E-state index in [1.807, 2.05) is 12.2 Å². The first kappa shape index (κ1) is 24.0. The number of carboxylic acids is 1. The molecule has 9 nitrogen and oxygen atoms in total. The van der Waals surface area contributed by atoms with Gasteiger partial charge in [-0.05, 0) is 56.0 Å². The molecular formula is C26H28N4O5. The molecular weight excluding hydrogens is 448 g/mol. The van der Waals surface area contributed by atoms with Crippen molar-refractivity contribution < 1.29 is 24.5 Å². The van der Waals surface area contributed by atoms with Crippen LogP contribution in [0.25, 0.3) is 6.08 Å². The van der Waals surface area contributed by atoms with Gasteiger partial charge in [0.1, 0.15) is 17.7 Å². The van der Waals surface area contributed by atoms with Crippen molar-refractivity contribution in [2.24, 2.45) is 0 Å². The van der Waals surface area contributed by atoms with E-state index < -0.39 is 5.97 Å². The monoisotopic (exact) mass is 476 g/mol. The lowest BCUT2D eigenvalue weighted by Gasteiger charge is -2.34. The molecule has 4 rings (SSSR count). The van der Waals surface area contributed by atoms with E-state index in [9.17, 15) is 14.7 Å². The van der Waals surface area contributed by atoms with Crippen molar-refractivity contribution >= 4 is 29.6 Å². The van der Waals surface area contributed by atoms with Gasteiger partial charge in [-0.15, -0.1) is 0 Å². The molecule has 1 aliphatic carbocycles. The molecule has 1 aliphatic heterocycles. The van der Waals surface area contributed by atoms with E-state index in [4.69, 9.17) is 9.84 Å². The minimum Gasteiger partial charge on any atom is -0.508 e. The van der Waals surface area contributed by atoms with E-state index in [1.54, 1.807) is 31.3 Å². The number of aliphatic hydroxyl groups excluding tert-OH is 1. The zero-order valence-corrected chi connectivity index (χ0v) is 19.5. The molecule has 2 heterocycles. The van der Waals surface area contributed by atoms with Crippen molar-refractivity contribution in [2.75, 3.05) is 23.3 Å². The Kier molecular flexibility index (Phi) is 7.45. The first-order chi connectivity index (χ1) is 16.9. The summed E-state index contributed by atoms with van der Waals surface area (Å²) in [5, 5.41) is 21.9. The predicted molar refractivity (Wildman–Crippen MR) is 132 cm³/mol. The predicted octanol–water partition coefficient (Wildman–Crippen LogP) is 4.32. The average molecular weight is 477 g/mol. The third-order valence-electron chi connectivity index (χ3n) is 5.86. The number of anilines is 2. The number of ether oxygens (including phenoxy) is 1. The largest absolute Gasteiger partial charge is 0.508 e. The molecule has 0 spiro atoms. The van der Waals surface area contributed by atoms with Crippen LogP contribution in [0.15, 0.2) is 65.9 Å². The quantitative estimate of drug-likeness (QED) is 0.505. The Balaban J connectivity index is 1.39. The first-order valence-electron chi connectivity index (χ1n) is 11.5. The van der Waals surface area contributed by atoms with Crippen molar-refractivity contribution in [2.45, 2.75) is 38.7 Å². The molecule has 0 radical (unpaired) electrons.